The molecule has 3 aromatic rings. The van der Waals surface area contributed by atoms with Crippen molar-refractivity contribution in [3.05, 3.63) is 92.9 Å². The van der Waals surface area contributed by atoms with Crippen molar-refractivity contribution in [3.63, 3.8) is 0 Å². The Balaban J connectivity index is 1.43. The van der Waals surface area contributed by atoms with Gasteiger partial charge in [0.25, 0.3) is 5.56 Å². The van der Waals surface area contributed by atoms with Crippen LogP contribution in [-0.2, 0) is 23.7 Å². The van der Waals surface area contributed by atoms with Crippen molar-refractivity contribution in [1.29, 1.82) is 0 Å². The molecule has 1 unspecified atom stereocenters. The average molecular weight is 539 g/mol. The number of carbonyl (C=O) groups excluding carboxylic acids is 2. The van der Waals surface area contributed by atoms with Crippen molar-refractivity contribution in [2.45, 2.75) is 44.8 Å². The molecule has 1 aliphatic rings. The Kier molecular flexibility index (Phi) is 8.77. The lowest BCUT2D eigenvalue weighted by Gasteiger charge is -2.25. The monoisotopic (exact) mass is 538 g/mol. The third kappa shape index (κ3) is 7.11. The molecule has 1 N–H and O–H groups in total. The van der Waals surface area contributed by atoms with Gasteiger partial charge in [0.15, 0.2) is 0 Å². The molecule has 1 saturated heterocycles. The number of aryl methyl sites for hydroxylation is 1. The molecular weight excluding hydrogens is 508 g/mol. The van der Waals surface area contributed by atoms with Crippen LogP contribution in [0.4, 0.5) is 10.6 Å². The molecule has 2 aromatic heterocycles. The fourth-order valence-electron chi connectivity index (χ4n) is 4.26. The summed E-state index contributed by atoms with van der Waals surface area (Å²) in [7, 11) is 1.84. The van der Waals surface area contributed by atoms with E-state index in [-0.39, 0.29) is 13.0 Å². The second-order valence-corrected chi connectivity index (χ2v) is 9.14. The first kappa shape index (κ1) is 27.6. The van der Waals surface area contributed by atoms with Gasteiger partial charge in [-0.2, -0.15) is 0 Å². The van der Waals surface area contributed by atoms with Gasteiger partial charge in [-0.3, -0.25) is 19.1 Å². The lowest BCUT2D eigenvalue weighted by molar-refractivity contribution is -0.150. The lowest BCUT2D eigenvalue weighted by Crippen LogP contribution is -2.34. The van der Waals surface area contributed by atoms with Crippen molar-refractivity contribution in [1.82, 2.24) is 14.5 Å². The van der Waals surface area contributed by atoms with Crippen molar-refractivity contribution in [2.75, 3.05) is 25.1 Å². The second kappa shape index (κ2) is 12.4. The maximum absolute atomic E-state index is 12.8. The van der Waals surface area contributed by atoms with E-state index in [1.165, 1.54) is 17.7 Å². The summed E-state index contributed by atoms with van der Waals surface area (Å²) in [6, 6.07) is 14.8. The number of nitrogens with zero attached hydrogens (tertiary/aromatic N) is 3. The van der Waals surface area contributed by atoms with Crippen molar-refractivity contribution in [3.8, 4) is 0 Å². The number of aromatic amines is 1. The van der Waals surface area contributed by atoms with Crippen LogP contribution in [0, 0.1) is 6.92 Å². The Bertz CT molecular complexity index is 1390. The van der Waals surface area contributed by atoms with Crippen molar-refractivity contribution >= 4 is 17.9 Å². The zero-order valence-corrected chi connectivity index (χ0v) is 21.8. The number of anilines is 1. The molecule has 12 heteroatoms. The Labute approximate surface area is 224 Å². The van der Waals surface area contributed by atoms with Gasteiger partial charge in [0.2, 0.25) is 0 Å². The maximum atomic E-state index is 12.8. The summed E-state index contributed by atoms with van der Waals surface area (Å²) in [4.78, 5) is 56.9. The number of likely N-dealkylation sites (N-methyl/N-ethyl adjacent to an activating group) is 1. The van der Waals surface area contributed by atoms with Crippen LogP contribution in [0.15, 0.2) is 70.5 Å². The number of rotatable bonds is 9. The van der Waals surface area contributed by atoms with E-state index in [9.17, 15) is 19.2 Å². The Morgan fingerprint density at radius 2 is 1.92 bits per heavy atom. The molecule has 0 bridgehead atoms. The normalized spacial score (nSPS) is 19.2. The lowest BCUT2D eigenvalue weighted by atomic mass is 10.1. The average Bonchev–Trinajstić information content (AvgIpc) is 3.31. The molecule has 206 valence electrons. The first-order valence-corrected chi connectivity index (χ1v) is 12.4. The molecule has 12 nitrogen and oxygen atoms in total. The highest BCUT2D eigenvalue weighted by molar-refractivity contribution is 5.66. The van der Waals surface area contributed by atoms with E-state index < -0.39 is 47.9 Å². The number of aromatic nitrogens is 3. The fraction of sp³-hybridized carbons (Fsp3) is 0.370. The van der Waals surface area contributed by atoms with Gasteiger partial charge in [0, 0.05) is 38.3 Å². The van der Waals surface area contributed by atoms with Gasteiger partial charge in [-0.1, -0.05) is 36.4 Å². The number of benzene rings is 1. The number of pyridine rings is 1. The number of nitrogens with one attached hydrogen (secondary N) is 1. The maximum Gasteiger partial charge on any atom is 0.509 e. The molecular formula is C27H30N4O8. The molecule has 1 aromatic carbocycles. The first-order valence-electron chi connectivity index (χ1n) is 12.4. The van der Waals surface area contributed by atoms with Crippen molar-refractivity contribution < 1.29 is 28.5 Å². The topological polar surface area (TPSA) is 142 Å². The second-order valence-electron chi connectivity index (χ2n) is 9.14. The van der Waals surface area contributed by atoms with Gasteiger partial charge >= 0.3 is 17.8 Å². The van der Waals surface area contributed by atoms with E-state index >= 15 is 0 Å². The summed E-state index contributed by atoms with van der Waals surface area (Å²) < 4.78 is 23.5. The summed E-state index contributed by atoms with van der Waals surface area (Å²) in [6.45, 7) is 2.82. The molecule has 0 aliphatic carbocycles. The third-order valence-electron chi connectivity index (χ3n) is 6.21. The summed E-state index contributed by atoms with van der Waals surface area (Å²) in [5.41, 5.74) is -0.0934. The zero-order valence-electron chi connectivity index (χ0n) is 21.8. The minimum Gasteiger partial charge on any atom is -0.459 e. The minimum absolute atomic E-state index is 0.121. The SMILES string of the molecule is CC(=O)O[C@H]1C[C@H](n2cc(C)c(=O)[nH]c2=O)O[C@@H]1COC(=O)OC(CN(C)c1ccccn1)c1ccccc1. The fourth-order valence-corrected chi connectivity index (χ4v) is 4.26. The Morgan fingerprint density at radius 3 is 2.62 bits per heavy atom. The Hall–Kier alpha value is -4.45. The van der Waals surface area contributed by atoms with Crippen LogP contribution in [0.5, 0.6) is 0 Å². The molecule has 3 heterocycles. The van der Waals surface area contributed by atoms with Gasteiger partial charge in [-0.25, -0.2) is 14.6 Å². The van der Waals surface area contributed by atoms with Crippen LogP contribution >= 0.6 is 0 Å². The highest BCUT2D eigenvalue weighted by atomic mass is 16.7. The standard InChI is InChI=1S/C27H30N4O8/c1-17-14-31(26(34)29-25(17)33)24-13-20(37-18(2)32)22(38-24)16-36-27(35)39-21(19-9-5-4-6-10-19)15-30(3)23-11-7-8-12-28-23/h4-12,14,20-22,24H,13,15-16H2,1-3H3,(H,29,33,34)/t20-,21?,22+,24+/m0/s1. The quantitative estimate of drug-likeness (QED) is 0.404. The Morgan fingerprint density at radius 1 is 1.18 bits per heavy atom. The number of H-pyrrole nitrogens is 1. The zero-order chi connectivity index (χ0) is 27.9. The van der Waals surface area contributed by atoms with E-state index in [2.05, 4.69) is 9.97 Å². The minimum atomic E-state index is -0.941. The van der Waals surface area contributed by atoms with Crippen LogP contribution in [0.3, 0.4) is 0 Å². The largest absolute Gasteiger partial charge is 0.509 e. The summed E-state index contributed by atoms with van der Waals surface area (Å²) in [5.74, 6) is 0.154. The van der Waals surface area contributed by atoms with E-state index in [0.29, 0.717) is 17.9 Å². The van der Waals surface area contributed by atoms with E-state index in [1.807, 2.05) is 60.5 Å². The molecule has 1 fully saturated rings. The van der Waals surface area contributed by atoms with Crippen LogP contribution < -0.4 is 16.1 Å². The molecule has 0 radical (unpaired) electrons. The smallest absolute Gasteiger partial charge is 0.459 e. The summed E-state index contributed by atoms with van der Waals surface area (Å²) >= 11 is 0. The molecule has 0 amide bonds. The van der Waals surface area contributed by atoms with Crippen LogP contribution in [0.25, 0.3) is 0 Å². The van der Waals surface area contributed by atoms with Gasteiger partial charge < -0.3 is 23.8 Å². The third-order valence-corrected chi connectivity index (χ3v) is 6.21. The predicted molar refractivity (Wildman–Crippen MR) is 139 cm³/mol. The molecule has 4 atom stereocenters. The molecule has 1 aliphatic heterocycles. The summed E-state index contributed by atoms with van der Waals surface area (Å²) in [5, 5.41) is 0. The van der Waals surface area contributed by atoms with Gasteiger partial charge in [-0.15, -0.1) is 0 Å². The molecule has 4 rings (SSSR count). The predicted octanol–water partition coefficient (Wildman–Crippen LogP) is 2.49. The number of esters is 1. The van der Waals surface area contributed by atoms with Crippen LogP contribution in [-0.4, -0.2) is 59.1 Å². The van der Waals surface area contributed by atoms with E-state index in [0.717, 1.165) is 5.56 Å². The van der Waals surface area contributed by atoms with E-state index in [1.54, 1.807) is 13.1 Å². The number of carbonyl (C=O) groups is 2. The van der Waals surface area contributed by atoms with Crippen LogP contribution in [0.1, 0.15) is 36.8 Å². The number of hydrogen-bond donors (Lipinski definition) is 1. The highest BCUT2D eigenvalue weighted by Crippen LogP contribution is 2.30. The first-order chi connectivity index (χ1) is 18.7. The molecule has 0 saturated carbocycles. The molecule has 39 heavy (non-hydrogen) atoms. The number of ether oxygens (including phenoxy) is 4. The summed E-state index contributed by atoms with van der Waals surface area (Å²) in [6.07, 6.45) is -0.941. The van der Waals surface area contributed by atoms with Crippen molar-refractivity contribution in [2.24, 2.45) is 0 Å². The molecule has 0 spiro atoms. The van der Waals surface area contributed by atoms with Crippen LogP contribution in [0.2, 0.25) is 0 Å². The highest BCUT2D eigenvalue weighted by Gasteiger charge is 2.40. The van der Waals surface area contributed by atoms with E-state index in [4.69, 9.17) is 18.9 Å². The number of hydrogen-bond acceptors (Lipinski definition) is 10. The van der Waals surface area contributed by atoms with Gasteiger partial charge in [0.05, 0.1) is 6.54 Å². The van der Waals surface area contributed by atoms with Gasteiger partial charge in [0.1, 0.15) is 37.0 Å². The van der Waals surface area contributed by atoms with Gasteiger partial charge in [-0.05, 0) is 24.6 Å².